The molecule has 2 aromatic rings. The van der Waals surface area contributed by atoms with Gasteiger partial charge in [0.05, 0.1) is 17.1 Å². The second kappa shape index (κ2) is 6.68. The Hall–Kier alpha value is -1.92. The number of carbonyl (C=O) groups is 2. The van der Waals surface area contributed by atoms with Crippen LogP contribution in [0, 0.1) is 6.92 Å². The highest BCUT2D eigenvalue weighted by atomic mass is 35.5. The van der Waals surface area contributed by atoms with Crippen LogP contribution < -0.4 is 10.2 Å². The molecule has 0 saturated carbocycles. The van der Waals surface area contributed by atoms with Crippen molar-refractivity contribution in [1.82, 2.24) is 10.3 Å². The van der Waals surface area contributed by atoms with Gasteiger partial charge in [0.2, 0.25) is 11.8 Å². The molecule has 1 aliphatic heterocycles. The topological polar surface area (TPSA) is 62.3 Å². The second-order valence-corrected chi connectivity index (χ2v) is 6.91. The summed E-state index contributed by atoms with van der Waals surface area (Å²) in [6, 6.07) is 6.64. The van der Waals surface area contributed by atoms with E-state index in [0.717, 1.165) is 16.4 Å². The molecule has 1 aromatic carbocycles. The summed E-state index contributed by atoms with van der Waals surface area (Å²) in [5, 5.41) is 6.23. The van der Waals surface area contributed by atoms with E-state index < -0.39 is 6.04 Å². The Kier molecular flexibility index (Phi) is 4.63. The van der Waals surface area contributed by atoms with Gasteiger partial charge < -0.3 is 10.2 Å². The molecule has 2 amide bonds. The highest BCUT2D eigenvalue weighted by Gasteiger charge is 2.33. The van der Waals surface area contributed by atoms with Gasteiger partial charge in [-0.05, 0) is 37.6 Å². The van der Waals surface area contributed by atoms with E-state index in [9.17, 15) is 9.59 Å². The predicted molar refractivity (Wildman–Crippen MR) is 90.9 cm³/mol. The van der Waals surface area contributed by atoms with Gasteiger partial charge in [-0.2, -0.15) is 0 Å². The quantitative estimate of drug-likeness (QED) is 0.922. The van der Waals surface area contributed by atoms with Gasteiger partial charge in [-0.1, -0.05) is 11.6 Å². The third-order valence-electron chi connectivity index (χ3n) is 3.69. The first-order valence-electron chi connectivity index (χ1n) is 7.30. The van der Waals surface area contributed by atoms with Crippen molar-refractivity contribution in [2.45, 2.75) is 25.8 Å². The Bertz CT molecular complexity index is 729. The number of rotatable bonds is 4. The van der Waals surface area contributed by atoms with Crippen LogP contribution in [0.1, 0.15) is 17.1 Å². The Balaban J connectivity index is 1.60. The first kappa shape index (κ1) is 16.0. The predicted octanol–water partition coefficient (Wildman–Crippen LogP) is 2.57. The molecule has 0 bridgehead atoms. The van der Waals surface area contributed by atoms with Gasteiger partial charge in [0.25, 0.3) is 0 Å². The lowest BCUT2D eigenvalue weighted by molar-refractivity contribution is -0.126. The number of hydrogen-bond donors (Lipinski definition) is 1. The lowest BCUT2D eigenvalue weighted by Crippen LogP contribution is -2.42. The molecule has 3 rings (SSSR count). The second-order valence-electron chi connectivity index (χ2n) is 5.41. The van der Waals surface area contributed by atoms with E-state index in [1.54, 1.807) is 17.0 Å². The van der Waals surface area contributed by atoms with Gasteiger partial charge in [-0.15, -0.1) is 11.3 Å². The normalized spacial score (nSPS) is 17.6. The van der Waals surface area contributed by atoms with Crippen molar-refractivity contribution in [2.75, 3.05) is 11.4 Å². The number of nitrogens with zero attached hydrogens (tertiary/aromatic N) is 2. The monoisotopic (exact) mass is 349 g/mol. The number of aryl methyl sites for hydroxylation is 1. The van der Waals surface area contributed by atoms with Gasteiger partial charge in [0.1, 0.15) is 6.04 Å². The first-order chi connectivity index (χ1) is 11.0. The molecule has 1 aromatic heterocycles. The summed E-state index contributed by atoms with van der Waals surface area (Å²) in [5.74, 6) is -0.262. The Morgan fingerprint density at radius 1 is 1.43 bits per heavy atom. The van der Waals surface area contributed by atoms with Crippen LogP contribution in [-0.2, 0) is 16.0 Å². The minimum atomic E-state index is -0.474. The molecule has 1 fully saturated rings. The van der Waals surface area contributed by atoms with Crippen molar-refractivity contribution in [3.63, 3.8) is 0 Å². The van der Waals surface area contributed by atoms with Crippen molar-refractivity contribution in [1.29, 1.82) is 0 Å². The molecule has 1 N–H and O–H groups in total. The molecule has 7 heteroatoms. The number of nitrogens with one attached hydrogen (secondary N) is 1. The van der Waals surface area contributed by atoms with Gasteiger partial charge in [0.15, 0.2) is 0 Å². The molecule has 0 aliphatic carbocycles. The number of halogens is 1. The van der Waals surface area contributed by atoms with Crippen LogP contribution >= 0.6 is 22.9 Å². The minimum Gasteiger partial charge on any atom is -0.344 e. The van der Waals surface area contributed by atoms with Crippen LogP contribution in [0.3, 0.4) is 0 Å². The smallest absolute Gasteiger partial charge is 0.249 e. The van der Waals surface area contributed by atoms with Crippen LogP contribution in [-0.4, -0.2) is 29.4 Å². The third kappa shape index (κ3) is 3.71. The van der Waals surface area contributed by atoms with E-state index in [0.29, 0.717) is 18.0 Å². The maximum atomic E-state index is 12.4. The van der Waals surface area contributed by atoms with Crippen molar-refractivity contribution >= 4 is 40.4 Å². The van der Waals surface area contributed by atoms with Crippen LogP contribution in [0.15, 0.2) is 29.6 Å². The van der Waals surface area contributed by atoms with Crippen LogP contribution in [0.2, 0.25) is 5.02 Å². The molecule has 2 heterocycles. The summed E-state index contributed by atoms with van der Waals surface area (Å²) < 4.78 is 0. The van der Waals surface area contributed by atoms with Crippen molar-refractivity contribution < 1.29 is 9.59 Å². The summed E-state index contributed by atoms with van der Waals surface area (Å²) >= 11 is 7.38. The van der Waals surface area contributed by atoms with Gasteiger partial charge >= 0.3 is 0 Å². The zero-order valence-electron chi connectivity index (χ0n) is 12.6. The number of hydrogen-bond acceptors (Lipinski definition) is 4. The molecular formula is C16H16ClN3O2S. The summed E-state index contributed by atoms with van der Waals surface area (Å²) in [6.45, 7) is 2.48. The fraction of sp³-hybridized carbons (Fsp3) is 0.312. The van der Waals surface area contributed by atoms with E-state index in [4.69, 9.17) is 11.6 Å². The van der Waals surface area contributed by atoms with Crippen LogP contribution in [0.5, 0.6) is 0 Å². The minimum absolute atomic E-state index is 0.0878. The molecule has 1 saturated heterocycles. The molecular weight excluding hydrogens is 334 g/mol. The zero-order chi connectivity index (χ0) is 16.4. The molecule has 0 radical (unpaired) electrons. The fourth-order valence-corrected chi connectivity index (χ4v) is 3.33. The number of carbonyl (C=O) groups excluding carboxylic acids is 2. The average Bonchev–Trinajstić information content (AvgIpc) is 3.07. The van der Waals surface area contributed by atoms with E-state index in [1.165, 1.54) is 11.3 Å². The molecule has 1 aliphatic rings. The number of benzene rings is 1. The SMILES string of the molecule is Cc1nc(CC(=O)N[C@@H]2CCN(c3ccc(Cl)cc3)C2=O)cs1. The van der Waals surface area contributed by atoms with Gasteiger partial charge in [0, 0.05) is 22.6 Å². The number of aromatic nitrogens is 1. The summed E-state index contributed by atoms with van der Waals surface area (Å²) in [6.07, 6.45) is 0.804. The molecule has 23 heavy (non-hydrogen) atoms. The largest absolute Gasteiger partial charge is 0.344 e. The summed E-state index contributed by atoms with van der Waals surface area (Å²) in [7, 11) is 0. The maximum Gasteiger partial charge on any atom is 0.249 e. The zero-order valence-corrected chi connectivity index (χ0v) is 14.2. The lowest BCUT2D eigenvalue weighted by atomic mass is 10.2. The average molecular weight is 350 g/mol. The van der Waals surface area contributed by atoms with Crippen molar-refractivity contribution in [3.8, 4) is 0 Å². The summed E-state index contributed by atoms with van der Waals surface area (Å²) in [5.41, 5.74) is 1.54. The third-order valence-corrected chi connectivity index (χ3v) is 4.76. The van der Waals surface area contributed by atoms with E-state index >= 15 is 0 Å². The van der Waals surface area contributed by atoms with Gasteiger partial charge in [-0.25, -0.2) is 4.98 Å². The Labute approximate surface area is 143 Å². The molecule has 120 valence electrons. The van der Waals surface area contributed by atoms with E-state index in [1.807, 2.05) is 24.4 Å². The van der Waals surface area contributed by atoms with Crippen LogP contribution in [0.25, 0.3) is 0 Å². The van der Waals surface area contributed by atoms with Crippen molar-refractivity contribution in [2.24, 2.45) is 0 Å². The summed E-state index contributed by atoms with van der Waals surface area (Å²) in [4.78, 5) is 30.5. The van der Waals surface area contributed by atoms with E-state index in [2.05, 4.69) is 10.3 Å². The number of thiazole rings is 1. The number of amides is 2. The molecule has 0 spiro atoms. The van der Waals surface area contributed by atoms with Crippen molar-refractivity contribution in [3.05, 3.63) is 45.4 Å². The van der Waals surface area contributed by atoms with Crippen LogP contribution in [0.4, 0.5) is 5.69 Å². The Morgan fingerprint density at radius 3 is 2.83 bits per heavy atom. The first-order valence-corrected chi connectivity index (χ1v) is 8.56. The molecule has 0 unspecified atom stereocenters. The standard InChI is InChI=1S/C16H16ClN3O2S/c1-10-18-12(9-23-10)8-15(21)19-14-6-7-20(16(14)22)13-4-2-11(17)3-5-13/h2-5,9,14H,6-8H2,1H3,(H,19,21)/t14-/m1/s1. The molecule has 5 nitrogen and oxygen atoms in total. The van der Waals surface area contributed by atoms with Gasteiger partial charge in [-0.3, -0.25) is 9.59 Å². The lowest BCUT2D eigenvalue weighted by Gasteiger charge is -2.17. The fourth-order valence-electron chi connectivity index (χ4n) is 2.59. The number of anilines is 1. The highest BCUT2D eigenvalue weighted by molar-refractivity contribution is 7.09. The van der Waals surface area contributed by atoms with E-state index in [-0.39, 0.29) is 18.2 Å². The highest BCUT2D eigenvalue weighted by Crippen LogP contribution is 2.23. The Morgan fingerprint density at radius 2 is 2.17 bits per heavy atom. The molecule has 1 atom stereocenters. The maximum absolute atomic E-state index is 12.4.